The average Bonchev–Trinajstić information content (AvgIpc) is 2.64. The Morgan fingerprint density at radius 3 is 2.46 bits per heavy atom. The van der Waals surface area contributed by atoms with Crippen LogP contribution in [-0.2, 0) is 11.3 Å². The second kappa shape index (κ2) is 8.53. The summed E-state index contributed by atoms with van der Waals surface area (Å²) < 4.78 is 5.23. The van der Waals surface area contributed by atoms with Gasteiger partial charge in [0.25, 0.3) is 5.91 Å². The highest BCUT2D eigenvalue weighted by atomic mass is 16.5. The molecular formula is C19H20N2O3. The quantitative estimate of drug-likeness (QED) is 0.802. The van der Waals surface area contributed by atoms with Gasteiger partial charge in [0, 0.05) is 30.8 Å². The van der Waals surface area contributed by atoms with Crippen molar-refractivity contribution < 1.29 is 14.3 Å². The number of benzene rings is 2. The first-order valence-corrected chi connectivity index (χ1v) is 7.54. The van der Waals surface area contributed by atoms with E-state index < -0.39 is 0 Å². The average molecular weight is 324 g/mol. The van der Waals surface area contributed by atoms with E-state index in [2.05, 4.69) is 10.6 Å². The first kappa shape index (κ1) is 17.3. The molecule has 2 aromatic carbocycles. The minimum atomic E-state index is -0.198. The van der Waals surface area contributed by atoms with Crippen molar-refractivity contribution in [1.82, 2.24) is 10.6 Å². The van der Waals surface area contributed by atoms with Crippen LogP contribution in [0.4, 0.5) is 0 Å². The predicted octanol–water partition coefficient (Wildman–Crippen LogP) is 2.38. The highest BCUT2D eigenvalue weighted by molar-refractivity contribution is 5.94. The lowest BCUT2D eigenvalue weighted by Crippen LogP contribution is -2.20. The van der Waals surface area contributed by atoms with E-state index in [1.54, 1.807) is 32.4 Å². The monoisotopic (exact) mass is 324 g/mol. The van der Waals surface area contributed by atoms with Crippen molar-refractivity contribution >= 4 is 17.9 Å². The molecule has 0 spiro atoms. The maximum Gasteiger partial charge on any atom is 0.251 e. The molecule has 0 atom stereocenters. The Bertz CT molecular complexity index is 737. The van der Waals surface area contributed by atoms with E-state index in [4.69, 9.17) is 4.74 Å². The summed E-state index contributed by atoms with van der Waals surface area (Å²) in [4.78, 5) is 23.4. The molecule has 0 aromatic heterocycles. The molecule has 0 fully saturated rings. The molecule has 0 bridgehead atoms. The summed E-state index contributed by atoms with van der Waals surface area (Å²) >= 11 is 0. The van der Waals surface area contributed by atoms with Crippen LogP contribution in [0.1, 0.15) is 21.5 Å². The second-order valence-corrected chi connectivity index (χ2v) is 5.07. The van der Waals surface area contributed by atoms with E-state index in [-0.39, 0.29) is 11.8 Å². The Labute approximate surface area is 141 Å². The van der Waals surface area contributed by atoms with Gasteiger partial charge in [-0.1, -0.05) is 30.3 Å². The molecule has 0 saturated carbocycles. The lowest BCUT2D eigenvalue weighted by atomic mass is 10.1. The van der Waals surface area contributed by atoms with Crippen LogP contribution in [0.5, 0.6) is 5.75 Å². The molecular weight excluding hydrogens is 304 g/mol. The number of amides is 2. The van der Waals surface area contributed by atoms with Gasteiger partial charge >= 0.3 is 0 Å². The van der Waals surface area contributed by atoms with Gasteiger partial charge in [0.05, 0.1) is 7.11 Å². The van der Waals surface area contributed by atoms with Crippen LogP contribution in [-0.4, -0.2) is 26.0 Å². The van der Waals surface area contributed by atoms with Gasteiger partial charge in [-0.2, -0.15) is 0 Å². The van der Waals surface area contributed by atoms with Crippen LogP contribution < -0.4 is 15.4 Å². The summed E-state index contributed by atoms with van der Waals surface area (Å²) in [6, 6.07) is 14.6. The van der Waals surface area contributed by atoms with Gasteiger partial charge in [-0.25, -0.2) is 0 Å². The minimum absolute atomic E-state index is 0.134. The van der Waals surface area contributed by atoms with Gasteiger partial charge in [-0.15, -0.1) is 0 Å². The van der Waals surface area contributed by atoms with Crippen LogP contribution >= 0.6 is 0 Å². The first-order chi connectivity index (χ1) is 11.6. The van der Waals surface area contributed by atoms with E-state index in [0.29, 0.717) is 17.9 Å². The maximum absolute atomic E-state index is 11.9. The molecule has 2 aromatic rings. The van der Waals surface area contributed by atoms with Crippen LogP contribution in [0.2, 0.25) is 0 Å². The predicted molar refractivity (Wildman–Crippen MR) is 93.7 cm³/mol. The lowest BCUT2D eigenvalue weighted by molar-refractivity contribution is -0.116. The highest BCUT2D eigenvalue weighted by Gasteiger charge is 2.03. The second-order valence-electron chi connectivity index (χ2n) is 5.07. The smallest absolute Gasteiger partial charge is 0.251 e. The molecule has 0 aliphatic heterocycles. The number of para-hydroxylation sites is 1. The fourth-order valence-electron chi connectivity index (χ4n) is 2.14. The van der Waals surface area contributed by atoms with Crippen molar-refractivity contribution in [3.63, 3.8) is 0 Å². The number of ether oxygens (including phenoxy) is 1. The first-order valence-electron chi connectivity index (χ1n) is 7.54. The molecule has 124 valence electrons. The summed E-state index contributed by atoms with van der Waals surface area (Å²) in [5.74, 6) is 0.382. The number of hydrogen-bond acceptors (Lipinski definition) is 3. The zero-order valence-electron chi connectivity index (χ0n) is 13.7. The molecule has 2 amide bonds. The van der Waals surface area contributed by atoms with E-state index in [9.17, 15) is 9.59 Å². The number of rotatable bonds is 6. The van der Waals surface area contributed by atoms with E-state index >= 15 is 0 Å². The Kier molecular flexibility index (Phi) is 6.14. The van der Waals surface area contributed by atoms with E-state index in [0.717, 1.165) is 11.1 Å². The van der Waals surface area contributed by atoms with Crippen LogP contribution in [0, 0.1) is 0 Å². The van der Waals surface area contributed by atoms with E-state index in [1.165, 1.54) is 6.08 Å². The molecule has 2 N–H and O–H groups in total. The van der Waals surface area contributed by atoms with Crippen molar-refractivity contribution in [3.05, 3.63) is 71.3 Å². The SMILES string of the molecule is CNC(=O)c1ccc(CNC(=O)/C=C/c2ccccc2OC)cc1. The number of carbonyl (C=O) groups excluding carboxylic acids is 2. The van der Waals surface area contributed by atoms with Crippen molar-refractivity contribution in [1.29, 1.82) is 0 Å². The Morgan fingerprint density at radius 1 is 1.08 bits per heavy atom. The Morgan fingerprint density at radius 2 is 1.79 bits per heavy atom. The lowest BCUT2D eigenvalue weighted by Gasteiger charge is -2.05. The minimum Gasteiger partial charge on any atom is -0.496 e. The van der Waals surface area contributed by atoms with Gasteiger partial charge in [0.2, 0.25) is 5.91 Å². The van der Waals surface area contributed by atoms with Crippen molar-refractivity contribution in [2.24, 2.45) is 0 Å². The molecule has 0 unspecified atom stereocenters. The normalized spacial score (nSPS) is 10.4. The third-order valence-corrected chi connectivity index (χ3v) is 3.46. The van der Waals surface area contributed by atoms with Gasteiger partial charge in [-0.3, -0.25) is 9.59 Å². The summed E-state index contributed by atoms with van der Waals surface area (Å²) in [5.41, 5.74) is 2.34. The molecule has 0 heterocycles. The standard InChI is InChI=1S/C19H20N2O3/c1-20-19(23)16-9-7-14(8-10-16)13-21-18(22)12-11-15-5-3-4-6-17(15)24-2/h3-12H,13H2,1-2H3,(H,20,23)(H,21,22)/b12-11+. The third kappa shape index (κ3) is 4.71. The van der Waals surface area contributed by atoms with E-state index in [1.807, 2.05) is 36.4 Å². The zero-order chi connectivity index (χ0) is 17.4. The molecule has 5 nitrogen and oxygen atoms in total. The molecule has 0 aliphatic carbocycles. The fourth-order valence-corrected chi connectivity index (χ4v) is 2.14. The van der Waals surface area contributed by atoms with Crippen molar-refractivity contribution in [3.8, 4) is 5.75 Å². The summed E-state index contributed by atoms with van der Waals surface area (Å²) in [6.07, 6.45) is 3.18. The zero-order valence-corrected chi connectivity index (χ0v) is 13.7. The number of carbonyl (C=O) groups is 2. The van der Waals surface area contributed by atoms with Crippen LogP contribution in [0.3, 0.4) is 0 Å². The molecule has 24 heavy (non-hydrogen) atoms. The highest BCUT2D eigenvalue weighted by Crippen LogP contribution is 2.18. The van der Waals surface area contributed by atoms with Crippen LogP contribution in [0.15, 0.2) is 54.6 Å². The summed E-state index contributed by atoms with van der Waals surface area (Å²) in [6.45, 7) is 0.392. The largest absolute Gasteiger partial charge is 0.496 e. The number of hydrogen-bond donors (Lipinski definition) is 2. The number of methoxy groups -OCH3 is 1. The molecule has 2 rings (SSSR count). The van der Waals surface area contributed by atoms with Crippen molar-refractivity contribution in [2.45, 2.75) is 6.54 Å². The summed E-state index contributed by atoms with van der Waals surface area (Å²) in [5, 5.41) is 5.37. The van der Waals surface area contributed by atoms with Gasteiger partial charge in [0.1, 0.15) is 5.75 Å². The Hall–Kier alpha value is -3.08. The molecule has 0 saturated heterocycles. The molecule has 0 aliphatic rings. The number of nitrogens with one attached hydrogen (secondary N) is 2. The Balaban J connectivity index is 1.91. The third-order valence-electron chi connectivity index (χ3n) is 3.46. The van der Waals surface area contributed by atoms with Gasteiger partial charge in [-0.05, 0) is 29.8 Å². The summed E-state index contributed by atoms with van der Waals surface area (Å²) in [7, 11) is 3.18. The topological polar surface area (TPSA) is 67.4 Å². The van der Waals surface area contributed by atoms with Crippen molar-refractivity contribution in [2.75, 3.05) is 14.2 Å². The molecule has 5 heteroatoms. The van der Waals surface area contributed by atoms with Crippen LogP contribution in [0.25, 0.3) is 6.08 Å². The van der Waals surface area contributed by atoms with Gasteiger partial charge < -0.3 is 15.4 Å². The van der Waals surface area contributed by atoms with Gasteiger partial charge in [0.15, 0.2) is 0 Å². The fraction of sp³-hybridized carbons (Fsp3) is 0.158. The maximum atomic E-state index is 11.9. The molecule has 0 radical (unpaired) electrons.